The minimum absolute atomic E-state index is 0.0423. The summed E-state index contributed by atoms with van der Waals surface area (Å²) >= 11 is 0. The molecule has 1 aliphatic carbocycles. The maximum atomic E-state index is 12.2. The summed E-state index contributed by atoms with van der Waals surface area (Å²) in [6.07, 6.45) is 1.92. The smallest absolute Gasteiger partial charge is 0.234 e. The summed E-state index contributed by atoms with van der Waals surface area (Å²) in [4.78, 5) is 22.5. The highest BCUT2D eigenvalue weighted by atomic mass is 16.6. The van der Waals surface area contributed by atoms with Crippen molar-refractivity contribution in [3.05, 3.63) is 58.1 Å². The van der Waals surface area contributed by atoms with E-state index in [1.807, 2.05) is 12.1 Å². The highest BCUT2D eigenvalue weighted by Crippen LogP contribution is 2.35. The molecule has 0 unspecified atom stereocenters. The van der Waals surface area contributed by atoms with Gasteiger partial charge in [0.25, 0.3) is 0 Å². The van der Waals surface area contributed by atoms with Crippen LogP contribution in [0.2, 0.25) is 0 Å². The van der Waals surface area contributed by atoms with Crippen molar-refractivity contribution in [3.63, 3.8) is 0 Å². The molecule has 1 saturated heterocycles. The van der Waals surface area contributed by atoms with Gasteiger partial charge in [0.1, 0.15) is 23.8 Å². The number of rotatable bonds is 6. The van der Waals surface area contributed by atoms with Crippen LogP contribution < -0.4 is 10.1 Å². The van der Waals surface area contributed by atoms with Gasteiger partial charge in [0.2, 0.25) is 11.9 Å². The van der Waals surface area contributed by atoms with Gasteiger partial charge in [0.15, 0.2) is 0 Å². The van der Waals surface area contributed by atoms with Crippen molar-refractivity contribution in [2.45, 2.75) is 31.4 Å². The summed E-state index contributed by atoms with van der Waals surface area (Å²) in [5.41, 5.74) is 2.65. The van der Waals surface area contributed by atoms with Crippen molar-refractivity contribution in [1.29, 1.82) is 5.26 Å². The molecule has 0 aromatic heterocycles. The zero-order chi connectivity index (χ0) is 21.1. The number of carbonyl (C=O) groups excluding carboxylic acids is 1. The Kier molecular flexibility index (Phi) is 5.63. The average molecular weight is 407 g/mol. The van der Waals surface area contributed by atoms with Crippen LogP contribution in [0.4, 0.5) is 5.69 Å². The van der Waals surface area contributed by atoms with Crippen LogP contribution in [0, 0.1) is 27.4 Å². The molecular formula is C22H21N3O5. The van der Waals surface area contributed by atoms with Crippen molar-refractivity contribution < 1.29 is 19.2 Å². The normalized spacial score (nSPS) is 20.8. The number of benzene rings is 2. The molecule has 2 aliphatic rings. The Bertz CT molecular complexity index is 1010. The number of ether oxygens (including phenoxy) is 2. The molecule has 0 bridgehead atoms. The van der Waals surface area contributed by atoms with Crippen LogP contribution in [0.5, 0.6) is 5.75 Å². The summed E-state index contributed by atoms with van der Waals surface area (Å²) in [6.45, 7) is 1.32. The standard InChI is InChI=1S/C22H21N3O5/c23-13-16-10-15(4-5-21(16)30-18-6-8-29-9-7-18)14-2-1-3-17(11-14)24-22(26)19-12-20(19)25(27)28/h1-5,10-11,18-20H,6-9,12H2,(H,24,26)/t19-,20-/m0/s1. The lowest BCUT2D eigenvalue weighted by Gasteiger charge is -2.23. The first-order valence-electron chi connectivity index (χ1n) is 9.88. The summed E-state index contributed by atoms with van der Waals surface area (Å²) < 4.78 is 11.3. The molecular weight excluding hydrogens is 386 g/mol. The maximum Gasteiger partial charge on any atom is 0.234 e. The second-order valence-corrected chi connectivity index (χ2v) is 7.52. The van der Waals surface area contributed by atoms with Gasteiger partial charge in [0.05, 0.1) is 18.8 Å². The van der Waals surface area contributed by atoms with E-state index in [9.17, 15) is 20.2 Å². The average Bonchev–Trinajstić information content (AvgIpc) is 3.56. The van der Waals surface area contributed by atoms with Gasteiger partial charge in [-0.1, -0.05) is 18.2 Å². The Morgan fingerprint density at radius 2 is 1.97 bits per heavy atom. The van der Waals surface area contributed by atoms with Crippen molar-refractivity contribution >= 4 is 11.6 Å². The number of carbonyl (C=O) groups is 1. The molecule has 8 nitrogen and oxygen atoms in total. The van der Waals surface area contributed by atoms with Gasteiger partial charge < -0.3 is 14.8 Å². The molecule has 2 aromatic rings. The Hall–Kier alpha value is -3.44. The highest BCUT2D eigenvalue weighted by Gasteiger charge is 2.53. The van der Waals surface area contributed by atoms with Crippen molar-refractivity contribution in [1.82, 2.24) is 0 Å². The number of nitrogens with one attached hydrogen (secondary N) is 1. The molecule has 1 heterocycles. The molecule has 4 rings (SSSR count). The molecule has 1 N–H and O–H groups in total. The predicted molar refractivity (Wildman–Crippen MR) is 109 cm³/mol. The largest absolute Gasteiger partial charge is 0.489 e. The van der Waals surface area contributed by atoms with Gasteiger partial charge in [-0.05, 0) is 35.4 Å². The number of hydrogen-bond acceptors (Lipinski definition) is 6. The van der Waals surface area contributed by atoms with Crippen molar-refractivity contribution in [2.24, 2.45) is 5.92 Å². The fourth-order valence-electron chi connectivity index (χ4n) is 3.58. The van der Waals surface area contributed by atoms with E-state index in [4.69, 9.17) is 9.47 Å². The van der Waals surface area contributed by atoms with Crippen LogP contribution in [0.15, 0.2) is 42.5 Å². The number of amides is 1. The van der Waals surface area contributed by atoms with Crippen LogP contribution >= 0.6 is 0 Å². The number of nitriles is 1. The van der Waals surface area contributed by atoms with Gasteiger partial charge in [-0.2, -0.15) is 5.26 Å². The summed E-state index contributed by atoms with van der Waals surface area (Å²) in [5.74, 6) is -0.362. The molecule has 2 aromatic carbocycles. The Labute approximate surface area is 173 Å². The van der Waals surface area contributed by atoms with E-state index in [-0.39, 0.29) is 18.4 Å². The van der Waals surface area contributed by atoms with Gasteiger partial charge in [-0.15, -0.1) is 0 Å². The molecule has 1 aliphatic heterocycles. The molecule has 1 saturated carbocycles. The van der Waals surface area contributed by atoms with E-state index >= 15 is 0 Å². The van der Waals surface area contributed by atoms with E-state index in [1.165, 1.54) is 0 Å². The first kappa shape index (κ1) is 19.9. The molecule has 0 radical (unpaired) electrons. The lowest BCUT2D eigenvalue weighted by atomic mass is 10.0. The van der Waals surface area contributed by atoms with E-state index in [0.717, 1.165) is 24.0 Å². The van der Waals surface area contributed by atoms with E-state index < -0.39 is 16.9 Å². The highest BCUT2D eigenvalue weighted by molar-refractivity contribution is 5.95. The number of anilines is 1. The summed E-state index contributed by atoms with van der Waals surface area (Å²) in [5, 5.41) is 23.1. The molecule has 2 fully saturated rings. The third-order valence-electron chi connectivity index (χ3n) is 5.39. The Morgan fingerprint density at radius 3 is 2.67 bits per heavy atom. The zero-order valence-electron chi connectivity index (χ0n) is 16.2. The molecule has 154 valence electrons. The van der Waals surface area contributed by atoms with E-state index in [1.54, 1.807) is 30.3 Å². The quantitative estimate of drug-likeness (QED) is 0.580. The molecule has 8 heteroatoms. The Morgan fingerprint density at radius 1 is 1.20 bits per heavy atom. The fourth-order valence-corrected chi connectivity index (χ4v) is 3.58. The van der Waals surface area contributed by atoms with Gasteiger partial charge in [-0.3, -0.25) is 14.9 Å². The lowest BCUT2D eigenvalue weighted by Crippen LogP contribution is -2.26. The third kappa shape index (κ3) is 4.42. The van der Waals surface area contributed by atoms with Crippen LogP contribution in [-0.4, -0.2) is 36.2 Å². The summed E-state index contributed by atoms with van der Waals surface area (Å²) in [6, 6.07) is 14.0. The minimum atomic E-state index is -0.783. The predicted octanol–water partition coefficient (Wildman–Crippen LogP) is 3.39. The maximum absolute atomic E-state index is 12.2. The Balaban J connectivity index is 1.48. The number of hydrogen-bond donors (Lipinski definition) is 1. The fraction of sp³-hybridized carbons (Fsp3) is 0.364. The van der Waals surface area contributed by atoms with Crippen molar-refractivity contribution in [2.75, 3.05) is 18.5 Å². The second-order valence-electron chi connectivity index (χ2n) is 7.52. The lowest BCUT2D eigenvalue weighted by molar-refractivity contribution is -0.497. The van der Waals surface area contributed by atoms with Crippen molar-refractivity contribution in [3.8, 4) is 22.9 Å². The number of nitro groups is 1. The number of nitrogens with zero attached hydrogens (tertiary/aromatic N) is 2. The third-order valence-corrected chi connectivity index (χ3v) is 5.39. The monoisotopic (exact) mass is 407 g/mol. The first-order chi connectivity index (χ1) is 14.5. The second kappa shape index (κ2) is 8.51. The van der Waals surface area contributed by atoms with E-state index in [2.05, 4.69) is 11.4 Å². The molecule has 30 heavy (non-hydrogen) atoms. The van der Waals surface area contributed by atoms with Gasteiger partial charge in [-0.25, -0.2) is 0 Å². The zero-order valence-corrected chi connectivity index (χ0v) is 16.2. The van der Waals surface area contributed by atoms with E-state index in [0.29, 0.717) is 30.2 Å². The van der Waals surface area contributed by atoms with Crippen LogP contribution in [0.25, 0.3) is 11.1 Å². The molecule has 0 spiro atoms. The molecule has 2 atom stereocenters. The topological polar surface area (TPSA) is 114 Å². The summed E-state index contributed by atoms with van der Waals surface area (Å²) in [7, 11) is 0. The van der Waals surface area contributed by atoms with Crippen LogP contribution in [-0.2, 0) is 9.53 Å². The minimum Gasteiger partial charge on any atom is -0.489 e. The molecule has 1 amide bonds. The van der Waals surface area contributed by atoms with Gasteiger partial charge in [0, 0.05) is 29.9 Å². The van der Waals surface area contributed by atoms with Crippen LogP contribution in [0.3, 0.4) is 0 Å². The van der Waals surface area contributed by atoms with Gasteiger partial charge >= 0.3 is 0 Å². The van der Waals surface area contributed by atoms with Crippen LogP contribution in [0.1, 0.15) is 24.8 Å². The first-order valence-corrected chi connectivity index (χ1v) is 9.88. The SMILES string of the molecule is N#Cc1cc(-c2cccc(NC(=O)[C@H]3C[C@@H]3[N+](=O)[O-])c2)ccc1OC1CCOCC1.